The number of benzene rings is 2. The Morgan fingerprint density at radius 3 is 1.45 bits per heavy atom. The number of rotatable bonds is 5. The molecule has 0 atom stereocenters. The van der Waals surface area contributed by atoms with E-state index in [1.165, 1.54) is 33.7 Å². The van der Waals surface area contributed by atoms with Gasteiger partial charge in [0.05, 0.1) is 9.85 Å². The summed E-state index contributed by atoms with van der Waals surface area (Å²) in [6.45, 7) is 3.39. The Balaban J connectivity index is 2.25. The van der Waals surface area contributed by atoms with Crippen molar-refractivity contribution in [1.29, 1.82) is 0 Å². The van der Waals surface area contributed by atoms with Crippen molar-refractivity contribution in [2.45, 2.75) is 23.6 Å². The van der Waals surface area contributed by atoms with Crippen LogP contribution in [0, 0.1) is 34.1 Å². The minimum atomic E-state index is -0.414. The van der Waals surface area contributed by atoms with Crippen LogP contribution in [0.1, 0.15) is 11.1 Å². The maximum absolute atomic E-state index is 10.9. The van der Waals surface area contributed by atoms with Crippen LogP contribution in [0.2, 0.25) is 0 Å². The predicted molar refractivity (Wildman–Crippen MR) is 87.4 cm³/mol. The second kappa shape index (κ2) is 6.80. The molecule has 0 heterocycles. The molecule has 114 valence electrons. The molecule has 0 aliphatic carbocycles. The third-order valence-corrected chi connectivity index (χ3v) is 5.78. The molecular weight excluding hydrogens is 324 g/mol. The van der Waals surface area contributed by atoms with Gasteiger partial charge < -0.3 is 0 Å². The minimum Gasteiger partial charge on any atom is -0.258 e. The monoisotopic (exact) mass is 336 g/mol. The van der Waals surface area contributed by atoms with Crippen LogP contribution in [-0.2, 0) is 0 Å². The standard InChI is InChI=1S/C14H12N2O4S2/c1-9-11(15(17)18)5-3-7-13(9)21-22-14-8-4-6-12(10(14)2)16(19)20/h3-8H,1-2H3. The Kier molecular flexibility index (Phi) is 5.04. The summed E-state index contributed by atoms with van der Waals surface area (Å²) in [5.41, 5.74) is 1.32. The number of nitrogens with zero attached hydrogens (tertiary/aromatic N) is 2. The van der Waals surface area contributed by atoms with E-state index in [-0.39, 0.29) is 11.4 Å². The molecule has 0 saturated heterocycles. The van der Waals surface area contributed by atoms with Gasteiger partial charge in [-0.2, -0.15) is 0 Å². The van der Waals surface area contributed by atoms with E-state index in [2.05, 4.69) is 0 Å². The van der Waals surface area contributed by atoms with Gasteiger partial charge in [0.25, 0.3) is 11.4 Å². The van der Waals surface area contributed by atoms with Crippen molar-refractivity contribution in [2.75, 3.05) is 0 Å². The number of hydrogen-bond acceptors (Lipinski definition) is 6. The molecule has 22 heavy (non-hydrogen) atoms. The molecule has 0 bridgehead atoms. The minimum absolute atomic E-state index is 0.0707. The third kappa shape index (κ3) is 3.40. The summed E-state index contributed by atoms with van der Waals surface area (Å²) in [5.74, 6) is 0. The normalized spacial score (nSPS) is 10.5. The largest absolute Gasteiger partial charge is 0.273 e. The molecule has 0 saturated carbocycles. The van der Waals surface area contributed by atoms with Gasteiger partial charge in [-0.25, -0.2) is 0 Å². The van der Waals surface area contributed by atoms with Crippen molar-refractivity contribution in [2.24, 2.45) is 0 Å². The van der Waals surface area contributed by atoms with E-state index < -0.39 is 9.85 Å². The van der Waals surface area contributed by atoms with Crippen LogP contribution in [-0.4, -0.2) is 9.85 Å². The van der Waals surface area contributed by atoms with Gasteiger partial charge in [-0.05, 0) is 26.0 Å². The summed E-state index contributed by atoms with van der Waals surface area (Å²) < 4.78 is 0. The lowest BCUT2D eigenvalue weighted by molar-refractivity contribution is -0.385. The number of nitro groups is 2. The zero-order chi connectivity index (χ0) is 16.3. The molecule has 0 unspecified atom stereocenters. The summed E-state index contributed by atoms with van der Waals surface area (Å²) in [5, 5.41) is 21.9. The lowest BCUT2D eigenvalue weighted by atomic mass is 10.2. The highest BCUT2D eigenvalue weighted by atomic mass is 33.1. The molecule has 0 aliphatic rings. The maximum Gasteiger partial charge on any atom is 0.273 e. The molecule has 0 radical (unpaired) electrons. The van der Waals surface area contributed by atoms with E-state index in [0.717, 1.165) is 9.79 Å². The summed E-state index contributed by atoms with van der Waals surface area (Å²) >= 11 is 0. The Labute approximate surface area is 134 Å². The maximum atomic E-state index is 10.9. The molecule has 2 rings (SSSR count). The van der Waals surface area contributed by atoms with E-state index in [4.69, 9.17) is 0 Å². The van der Waals surface area contributed by atoms with Gasteiger partial charge in [0.15, 0.2) is 0 Å². The summed E-state index contributed by atoms with van der Waals surface area (Å²) in [6, 6.07) is 9.79. The first-order chi connectivity index (χ1) is 10.4. The lowest BCUT2D eigenvalue weighted by Crippen LogP contribution is -1.93. The second-order valence-corrected chi connectivity index (χ2v) is 6.69. The number of nitro benzene ring substituents is 2. The molecule has 2 aromatic carbocycles. The Morgan fingerprint density at radius 2 is 1.14 bits per heavy atom. The highest BCUT2D eigenvalue weighted by Crippen LogP contribution is 2.43. The van der Waals surface area contributed by atoms with Crippen molar-refractivity contribution < 1.29 is 9.85 Å². The van der Waals surface area contributed by atoms with Gasteiger partial charge in [0.1, 0.15) is 0 Å². The van der Waals surface area contributed by atoms with Gasteiger partial charge in [-0.1, -0.05) is 33.7 Å². The van der Waals surface area contributed by atoms with Gasteiger partial charge in [-0.3, -0.25) is 20.2 Å². The van der Waals surface area contributed by atoms with Crippen LogP contribution in [0.4, 0.5) is 11.4 Å². The fraction of sp³-hybridized carbons (Fsp3) is 0.143. The fourth-order valence-electron chi connectivity index (χ4n) is 1.87. The van der Waals surface area contributed by atoms with Crippen molar-refractivity contribution in [3.8, 4) is 0 Å². The van der Waals surface area contributed by atoms with Crippen molar-refractivity contribution in [3.05, 3.63) is 67.8 Å². The van der Waals surface area contributed by atoms with E-state index in [0.29, 0.717) is 11.1 Å². The first-order valence-electron chi connectivity index (χ1n) is 6.24. The van der Waals surface area contributed by atoms with Crippen molar-refractivity contribution in [1.82, 2.24) is 0 Å². The topological polar surface area (TPSA) is 86.3 Å². The molecule has 0 N–H and O–H groups in total. The first kappa shape index (κ1) is 16.3. The first-order valence-corrected chi connectivity index (χ1v) is 8.39. The number of hydrogen-bond donors (Lipinski definition) is 0. The zero-order valence-electron chi connectivity index (χ0n) is 11.8. The lowest BCUT2D eigenvalue weighted by Gasteiger charge is -2.07. The third-order valence-electron chi connectivity index (χ3n) is 3.13. The summed E-state index contributed by atoms with van der Waals surface area (Å²) in [4.78, 5) is 22.6. The molecule has 0 fully saturated rings. The highest BCUT2D eigenvalue weighted by molar-refractivity contribution is 8.76. The second-order valence-electron chi connectivity index (χ2n) is 4.48. The average Bonchev–Trinajstić information content (AvgIpc) is 2.46. The average molecular weight is 336 g/mol. The molecule has 0 aromatic heterocycles. The van der Waals surface area contributed by atoms with Gasteiger partial charge in [0.2, 0.25) is 0 Å². The summed E-state index contributed by atoms with van der Waals surface area (Å²) in [7, 11) is 2.71. The molecule has 8 heteroatoms. The van der Waals surface area contributed by atoms with E-state index in [1.54, 1.807) is 38.1 Å². The fourth-order valence-corrected chi connectivity index (χ4v) is 4.40. The smallest absolute Gasteiger partial charge is 0.258 e. The molecule has 0 amide bonds. The van der Waals surface area contributed by atoms with Crippen LogP contribution >= 0.6 is 21.6 Å². The molecule has 6 nitrogen and oxygen atoms in total. The van der Waals surface area contributed by atoms with Gasteiger partial charge >= 0.3 is 0 Å². The molecule has 0 spiro atoms. The van der Waals surface area contributed by atoms with Crippen molar-refractivity contribution in [3.63, 3.8) is 0 Å². The van der Waals surface area contributed by atoms with E-state index in [9.17, 15) is 20.2 Å². The van der Waals surface area contributed by atoms with Crippen LogP contribution in [0.15, 0.2) is 46.2 Å². The molecule has 2 aromatic rings. The molecule has 0 aliphatic heterocycles. The van der Waals surface area contributed by atoms with E-state index in [1.807, 2.05) is 0 Å². The van der Waals surface area contributed by atoms with Gasteiger partial charge in [-0.15, -0.1) is 0 Å². The highest BCUT2D eigenvalue weighted by Gasteiger charge is 2.16. The zero-order valence-corrected chi connectivity index (χ0v) is 13.4. The van der Waals surface area contributed by atoms with Gasteiger partial charge in [0, 0.05) is 33.1 Å². The SMILES string of the molecule is Cc1c(SSc2cccc([N+](=O)[O-])c2C)cccc1[N+](=O)[O-]. The Bertz CT molecular complexity index is 686. The predicted octanol–water partition coefficient (Wildman–Crippen LogP) is 4.92. The Morgan fingerprint density at radius 1 is 0.773 bits per heavy atom. The van der Waals surface area contributed by atoms with Crippen LogP contribution in [0.3, 0.4) is 0 Å². The quantitative estimate of drug-likeness (QED) is 0.437. The summed E-state index contributed by atoms with van der Waals surface area (Å²) in [6.07, 6.45) is 0. The van der Waals surface area contributed by atoms with Crippen LogP contribution in [0.5, 0.6) is 0 Å². The van der Waals surface area contributed by atoms with Crippen LogP contribution in [0.25, 0.3) is 0 Å². The Hall–Kier alpha value is -2.06. The van der Waals surface area contributed by atoms with Crippen molar-refractivity contribution >= 4 is 33.0 Å². The van der Waals surface area contributed by atoms with Crippen LogP contribution < -0.4 is 0 Å². The van der Waals surface area contributed by atoms with E-state index >= 15 is 0 Å². The molecular formula is C14H12N2O4S2.